The molecule has 1 aliphatic rings. The van der Waals surface area contributed by atoms with E-state index in [1.54, 1.807) is 18.2 Å². The van der Waals surface area contributed by atoms with Crippen molar-refractivity contribution in [3.05, 3.63) is 83.0 Å². The number of nitrogens with one attached hydrogen (secondary N) is 1. The lowest BCUT2D eigenvalue weighted by molar-refractivity contribution is 0.356. The highest BCUT2D eigenvalue weighted by Gasteiger charge is 2.16. The standard InChI is InChI=1S/C19H12BrClN4O3/c20-14-7-12(25-19(27)23-18(26)16(9-22)24-25)8-15(21)13(14)5-10-1-2-11-3-4-28-17(11)6-10/h1-2,6-8H,3-5H2,(H,23,26,27). The Morgan fingerprint density at radius 1 is 1.32 bits per heavy atom. The molecular weight excluding hydrogens is 448 g/mol. The Balaban J connectivity index is 1.73. The first-order valence-electron chi connectivity index (χ1n) is 8.33. The van der Waals surface area contributed by atoms with E-state index < -0.39 is 16.9 Å². The smallest absolute Gasteiger partial charge is 0.349 e. The van der Waals surface area contributed by atoms with E-state index >= 15 is 0 Å². The zero-order valence-electron chi connectivity index (χ0n) is 14.3. The number of hydrogen-bond donors (Lipinski definition) is 1. The molecule has 0 fully saturated rings. The largest absolute Gasteiger partial charge is 0.493 e. The van der Waals surface area contributed by atoms with Gasteiger partial charge in [0.25, 0.3) is 5.56 Å². The van der Waals surface area contributed by atoms with Crippen molar-refractivity contribution in [3.8, 4) is 17.5 Å². The Hall–Kier alpha value is -2.89. The first kappa shape index (κ1) is 18.5. The second-order valence-corrected chi connectivity index (χ2v) is 7.50. The number of hydrogen-bond acceptors (Lipinski definition) is 5. The first-order valence-corrected chi connectivity index (χ1v) is 9.50. The maximum absolute atomic E-state index is 12.1. The topological polar surface area (TPSA) is 101 Å². The molecule has 0 bridgehead atoms. The predicted octanol–water partition coefficient (Wildman–Crippen LogP) is 2.73. The summed E-state index contributed by atoms with van der Waals surface area (Å²) in [4.78, 5) is 25.7. The Kier molecular flexibility index (Phi) is 4.79. The number of aromatic amines is 1. The van der Waals surface area contributed by atoms with E-state index in [1.807, 2.05) is 12.1 Å². The molecule has 2 aromatic carbocycles. The molecule has 0 radical (unpaired) electrons. The molecule has 140 valence electrons. The second kappa shape index (κ2) is 7.26. The van der Waals surface area contributed by atoms with Gasteiger partial charge in [0.15, 0.2) is 0 Å². The second-order valence-electron chi connectivity index (χ2n) is 6.24. The number of rotatable bonds is 3. The highest BCUT2D eigenvalue weighted by atomic mass is 79.9. The summed E-state index contributed by atoms with van der Waals surface area (Å²) >= 11 is 9.96. The lowest BCUT2D eigenvalue weighted by Crippen LogP contribution is -2.33. The van der Waals surface area contributed by atoms with E-state index in [9.17, 15) is 9.59 Å². The summed E-state index contributed by atoms with van der Waals surface area (Å²) < 4.78 is 7.22. The molecule has 0 spiro atoms. The summed E-state index contributed by atoms with van der Waals surface area (Å²) in [6.07, 6.45) is 1.48. The molecule has 0 saturated carbocycles. The van der Waals surface area contributed by atoms with Crippen molar-refractivity contribution in [2.75, 3.05) is 6.61 Å². The lowest BCUT2D eigenvalue weighted by Gasteiger charge is -2.12. The molecule has 1 aliphatic heterocycles. The van der Waals surface area contributed by atoms with Crippen molar-refractivity contribution in [2.45, 2.75) is 12.8 Å². The number of fused-ring (bicyclic) bond motifs is 1. The number of nitriles is 1. The molecule has 0 atom stereocenters. The highest BCUT2D eigenvalue weighted by Crippen LogP contribution is 2.32. The molecule has 7 nitrogen and oxygen atoms in total. The molecule has 0 amide bonds. The van der Waals surface area contributed by atoms with Gasteiger partial charge in [-0.05, 0) is 34.9 Å². The summed E-state index contributed by atoms with van der Waals surface area (Å²) in [5.41, 5.74) is 1.41. The Morgan fingerprint density at radius 3 is 2.89 bits per heavy atom. The third kappa shape index (κ3) is 3.35. The van der Waals surface area contributed by atoms with Crippen LogP contribution >= 0.6 is 27.5 Å². The van der Waals surface area contributed by atoms with Gasteiger partial charge < -0.3 is 4.74 Å². The quantitative estimate of drug-likeness (QED) is 0.649. The van der Waals surface area contributed by atoms with Gasteiger partial charge in [-0.3, -0.25) is 9.78 Å². The molecule has 0 saturated heterocycles. The van der Waals surface area contributed by atoms with E-state index in [2.05, 4.69) is 32.1 Å². The molecular formula is C19H12BrClN4O3. The number of nitrogens with zero attached hydrogens (tertiary/aromatic N) is 3. The monoisotopic (exact) mass is 458 g/mol. The van der Waals surface area contributed by atoms with Crippen molar-refractivity contribution in [1.29, 1.82) is 5.26 Å². The van der Waals surface area contributed by atoms with E-state index in [4.69, 9.17) is 21.6 Å². The fraction of sp³-hybridized carbons (Fsp3) is 0.158. The third-order valence-corrected chi connectivity index (χ3v) is 5.49. The van der Waals surface area contributed by atoms with Crippen LogP contribution in [0.15, 0.2) is 44.4 Å². The molecule has 3 aromatic rings. The van der Waals surface area contributed by atoms with Crippen LogP contribution in [0.5, 0.6) is 5.75 Å². The van der Waals surface area contributed by atoms with Gasteiger partial charge in [-0.15, -0.1) is 5.10 Å². The predicted molar refractivity (Wildman–Crippen MR) is 106 cm³/mol. The number of H-pyrrole nitrogens is 1. The number of halogens is 2. The van der Waals surface area contributed by atoms with E-state index in [-0.39, 0.29) is 0 Å². The molecule has 2 heterocycles. The lowest BCUT2D eigenvalue weighted by atomic mass is 10.0. The number of ether oxygens (including phenoxy) is 1. The van der Waals surface area contributed by atoms with Crippen LogP contribution in [0.1, 0.15) is 22.4 Å². The fourth-order valence-electron chi connectivity index (χ4n) is 3.05. The summed E-state index contributed by atoms with van der Waals surface area (Å²) in [6, 6.07) is 11.0. The summed E-state index contributed by atoms with van der Waals surface area (Å²) in [7, 11) is 0. The summed E-state index contributed by atoms with van der Waals surface area (Å²) in [5, 5.41) is 13.2. The van der Waals surface area contributed by atoms with E-state index in [0.29, 0.717) is 28.2 Å². The molecule has 0 unspecified atom stereocenters. The fourth-order valence-corrected chi connectivity index (χ4v) is 4.04. The number of aromatic nitrogens is 3. The Labute approximate surface area is 172 Å². The van der Waals surface area contributed by atoms with Crippen LogP contribution in [0, 0.1) is 11.3 Å². The molecule has 28 heavy (non-hydrogen) atoms. The van der Waals surface area contributed by atoms with Crippen LogP contribution < -0.4 is 16.0 Å². The Morgan fingerprint density at radius 2 is 2.14 bits per heavy atom. The van der Waals surface area contributed by atoms with Crippen molar-refractivity contribution < 1.29 is 4.74 Å². The van der Waals surface area contributed by atoms with Crippen LogP contribution in [-0.4, -0.2) is 21.4 Å². The zero-order chi connectivity index (χ0) is 19.8. The van der Waals surface area contributed by atoms with Crippen LogP contribution in [0.4, 0.5) is 0 Å². The Bertz CT molecular complexity index is 1240. The van der Waals surface area contributed by atoms with Crippen molar-refractivity contribution in [2.24, 2.45) is 0 Å². The maximum atomic E-state index is 12.1. The van der Waals surface area contributed by atoms with Gasteiger partial charge in [-0.1, -0.05) is 39.7 Å². The summed E-state index contributed by atoms with van der Waals surface area (Å²) in [6.45, 7) is 0.698. The van der Waals surface area contributed by atoms with Crippen molar-refractivity contribution in [1.82, 2.24) is 14.8 Å². The van der Waals surface area contributed by atoms with Gasteiger partial charge in [-0.2, -0.15) is 9.94 Å². The van der Waals surface area contributed by atoms with Crippen LogP contribution in [0.25, 0.3) is 5.69 Å². The molecule has 4 rings (SSSR count). The van der Waals surface area contributed by atoms with Gasteiger partial charge in [0.2, 0.25) is 5.69 Å². The van der Waals surface area contributed by atoms with Gasteiger partial charge in [0.05, 0.1) is 12.3 Å². The zero-order valence-corrected chi connectivity index (χ0v) is 16.7. The highest BCUT2D eigenvalue weighted by molar-refractivity contribution is 9.10. The minimum absolute atomic E-state index is 0.329. The molecule has 0 aliphatic carbocycles. The molecule has 9 heteroatoms. The van der Waals surface area contributed by atoms with Gasteiger partial charge >= 0.3 is 5.69 Å². The van der Waals surface area contributed by atoms with Crippen molar-refractivity contribution >= 4 is 27.5 Å². The SMILES string of the molecule is N#Cc1nn(-c2cc(Cl)c(Cc3ccc4c(c3)OCC4)c(Br)c2)c(=O)[nH]c1=O. The minimum atomic E-state index is -0.829. The van der Waals surface area contributed by atoms with Crippen LogP contribution in [-0.2, 0) is 12.8 Å². The van der Waals surface area contributed by atoms with Crippen molar-refractivity contribution in [3.63, 3.8) is 0 Å². The summed E-state index contributed by atoms with van der Waals surface area (Å²) in [5.74, 6) is 0.898. The van der Waals surface area contributed by atoms with E-state index in [0.717, 1.165) is 28.0 Å². The van der Waals surface area contributed by atoms with Gasteiger partial charge in [-0.25, -0.2) is 4.79 Å². The molecule has 1 N–H and O–H groups in total. The van der Waals surface area contributed by atoms with Crippen LogP contribution in [0.3, 0.4) is 0 Å². The maximum Gasteiger partial charge on any atom is 0.349 e. The normalized spacial score (nSPS) is 12.3. The van der Waals surface area contributed by atoms with Crippen LogP contribution in [0.2, 0.25) is 5.02 Å². The molecule has 1 aromatic heterocycles. The van der Waals surface area contributed by atoms with Gasteiger partial charge in [0, 0.05) is 22.3 Å². The van der Waals surface area contributed by atoms with Gasteiger partial charge in [0.1, 0.15) is 11.8 Å². The minimum Gasteiger partial charge on any atom is -0.493 e. The first-order chi connectivity index (χ1) is 13.5. The third-order valence-electron chi connectivity index (χ3n) is 4.45. The average Bonchev–Trinajstić information content (AvgIpc) is 3.12. The average molecular weight is 460 g/mol. The number of benzene rings is 2. The van der Waals surface area contributed by atoms with E-state index in [1.165, 1.54) is 5.56 Å².